The van der Waals surface area contributed by atoms with Crippen LogP contribution in [0.3, 0.4) is 0 Å². The Morgan fingerprint density at radius 3 is 2.41 bits per heavy atom. The summed E-state index contributed by atoms with van der Waals surface area (Å²) in [6.45, 7) is 4.65. The van der Waals surface area contributed by atoms with Crippen LogP contribution in [0.15, 0.2) is 34.4 Å². The molecule has 0 spiro atoms. The van der Waals surface area contributed by atoms with E-state index in [-0.39, 0.29) is 0 Å². The molecule has 0 fully saturated rings. The van der Waals surface area contributed by atoms with Gasteiger partial charge in [-0.3, -0.25) is 0 Å². The minimum Gasteiger partial charge on any atom is -0.383 e. The summed E-state index contributed by atoms with van der Waals surface area (Å²) in [7, 11) is 4.25. The van der Waals surface area contributed by atoms with Crippen LogP contribution in [-0.2, 0) is 0 Å². The van der Waals surface area contributed by atoms with E-state index in [0.717, 1.165) is 6.42 Å². The van der Waals surface area contributed by atoms with Gasteiger partial charge >= 0.3 is 14.1 Å². The molecule has 1 nitrogen and oxygen atoms in total. The molecule has 0 aromatic heterocycles. The van der Waals surface area contributed by atoms with Crippen LogP contribution in [0.5, 0.6) is 0 Å². The SMILES string of the molecule is CC[CH2][Al]([CH2]CC)[C]1=CC=CCC1=CN(C)C. The van der Waals surface area contributed by atoms with Gasteiger partial charge in [0.2, 0.25) is 0 Å². The van der Waals surface area contributed by atoms with E-state index in [0.29, 0.717) is 0 Å². The van der Waals surface area contributed by atoms with Gasteiger partial charge in [0.1, 0.15) is 0 Å². The lowest BCUT2D eigenvalue weighted by atomic mass is 10.1. The highest BCUT2D eigenvalue weighted by atomic mass is 27.2. The molecule has 0 aliphatic heterocycles. The van der Waals surface area contributed by atoms with Crippen molar-refractivity contribution >= 4 is 14.1 Å². The Hall–Kier alpha value is -0.448. The Balaban J connectivity index is 2.88. The van der Waals surface area contributed by atoms with Crippen molar-refractivity contribution in [2.45, 2.75) is 43.7 Å². The van der Waals surface area contributed by atoms with Gasteiger partial charge in [-0.05, 0) is 12.0 Å². The normalized spacial score (nSPS) is 17.2. The van der Waals surface area contributed by atoms with Gasteiger partial charge < -0.3 is 4.90 Å². The standard InChI is InChI=1S/C9H12N.2C3H7.Al/c1-10(2)8-9-6-4-3-5-7-9;2*1-3-2;/h3-5,8H,6H2,1-2H3;2*1,3H2,2H3;. The summed E-state index contributed by atoms with van der Waals surface area (Å²) in [5.74, 6) is 0. The molecule has 0 N–H and O–H groups in total. The second kappa shape index (κ2) is 7.80. The molecule has 0 saturated heterocycles. The Labute approximate surface area is 111 Å². The molecule has 94 valence electrons. The Bertz CT molecular complexity index is 307. The predicted octanol–water partition coefficient (Wildman–Crippen LogP) is 4.17. The molecule has 1 rings (SSSR count). The molecule has 0 saturated carbocycles. The van der Waals surface area contributed by atoms with E-state index in [2.05, 4.69) is 57.3 Å². The van der Waals surface area contributed by atoms with Crippen molar-refractivity contribution in [2.24, 2.45) is 0 Å². The maximum atomic E-state index is 2.39. The minimum absolute atomic E-state index is 0.717. The van der Waals surface area contributed by atoms with Crippen molar-refractivity contribution in [2.75, 3.05) is 14.1 Å². The second-order valence-electron chi connectivity index (χ2n) is 5.15. The lowest BCUT2D eigenvalue weighted by Crippen LogP contribution is -2.19. The van der Waals surface area contributed by atoms with Crippen LogP contribution >= 0.6 is 0 Å². The molecule has 0 unspecified atom stereocenters. The number of hydrogen-bond donors (Lipinski definition) is 0. The van der Waals surface area contributed by atoms with E-state index in [1.54, 1.807) is 10.0 Å². The van der Waals surface area contributed by atoms with Crippen LogP contribution in [0.25, 0.3) is 0 Å². The van der Waals surface area contributed by atoms with Crippen LogP contribution in [-0.4, -0.2) is 33.1 Å². The first-order chi connectivity index (χ1) is 8.19. The van der Waals surface area contributed by atoms with Crippen LogP contribution in [0.2, 0.25) is 10.6 Å². The molecule has 17 heavy (non-hydrogen) atoms. The van der Waals surface area contributed by atoms with Crippen LogP contribution < -0.4 is 0 Å². The lowest BCUT2D eigenvalue weighted by Gasteiger charge is -2.21. The largest absolute Gasteiger partial charge is 0.383 e. The summed E-state index contributed by atoms with van der Waals surface area (Å²) in [6, 6.07) is 0. The average molecular weight is 247 g/mol. The summed E-state index contributed by atoms with van der Waals surface area (Å²) in [5, 5.41) is 2.91. The molecule has 0 atom stereocenters. The summed E-state index contributed by atoms with van der Waals surface area (Å²) < 4.78 is 1.71. The van der Waals surface area contributed by atoms with Crippen molar-refractivity contribution in [1.29, 1.82) is 0 Å². The third-order valence-electron chi connectivity index (χ3n) is 3.25. The zero-order valence-corrected chi connectivity index (χ0v) is 13.0. The highest BCUT2D eigenvalue weighted by Crippen LogP contribution is 2.27. The topological polar surface area (TPSA) is 3.24 Å². The number of rotatable bonds is 6. The summed E-state index contributed by atoms with van der Waals surface area (Å²) in [6.07, 6.45) is 13.1. The van der Waals surface area contributed by atoms with Gasteiger partial charge in [0.05, 0.1) is 0 Å². The van der Waals surface area contributed by atoms with E-state index in [1.165, 1.54) is 23.4 Å². The molecule has 0 radical (unpaired) electrons. The molecular weight excluding hydrogens is 221 g/mol. The van der Waals surface area contributed by atoms with E-state index in [9.17, 15) is 0 Å². The fourth-order valence-electron chi connectivity index (χ4n) is 2.58. The molecule has 2 heteroatoms. The van der Waals surface area contributed by atoms with Crippen LogP contribution in [0, 0.1) is 0 Å². The van der Waals surface area contributed by atoms with E-state index < -0.39 is 14.1 Å². The van der Waals surface area contributed by atoms with Crippen LogP contribution in [0.4, 0.5) is 0 Å². The van der Waals surface area contributed by atoms with Gasteiger partial charge in [-0.25, -0.2) is 0 Å². The van der Waals surface area contributed by atoms with Gasteiger partial charge in [0, 0.05) is 20.3 Å². The molecule has 0 aromatic rings. The van der Waals surface area contributed by atoms with Crippen molar-refractivity contribution in [3.05, 3.63) is 34.4 Å². The molecule has 0 aromatic carbocycles. The van der Waals surface area contributed by atoms with E-state index in [4.69, 9.17) is 0 Å². The second-order valence-corrected chi connectivity index (χ2v) is 8.32. The first kappa shape index (κ1) is 14.6. The molecular formula is C15H26AlN. The fraction of sp³-hybridized carbons (Fsp3) is 0.600. The Morgan fingerprint density at radius 2 is 1.88 bits per heavy atom. The summed E-state index contributed by atoms with van der Waals surface area (Å²) >= 11 is -0.717. The molecule has 1 aliphatic carbocycles. The molecule has 0 amide bonds. The van der Waals surface area contributed by atoms with Crippen molar-refractivity contribution in [3.63, 3.8) is 0 Å². The number of allylic oxidation sites excluding steroid dienone is 5. The summed E-state index contributed by atoms with van der Waals surface area (Å²) in [5.41, 5.74) is 1.57. The van der Waals surface area contributed by atoms with Gasteiger partial charge in [-0.15, -0.1) is 4.44 Å². The zero-order valence-electron chi connectivity index (χ0n) is 11.9. The van der Waals surface area contributed by atoms with E-state index in [1.807, 2.05) is 0 Å². The first-order valence-electron chi connectivity index (χ1n) is 6.93. The third kappa shape index (κ3) is 4.74. The van der Waals surface area contributed by atoms with Crippen LogP contribution in [0.1, 0.15) is 33.1 Å². The zero-order chi connectivity index (χ0) is 12.7. The minimum atomic E-state index is -0.717. The highest BCUT2D eigenvalue weighted by Gasteiger charge is 2.23. The van der Waals surface area contributed by atoms with Gasteiger partial charge in [0.15, 0.2) is 0 Å². The Morgan fingerprint density at radius 1 is 1.24 bits per heavy atom. The maximum Gasteiger partial charge on any atom is 0.306 e. The number of nitrogens with zero attached hydrogens (tertiary/aromatic N) is 1. The Kier molecular flexibility index (Phi) is 6.70. The molecule has 0 heterocycles. The monoisotopic (exact) mass is 247 g/mol. The quantitative estimate of drug-likeness (QED) is 0.637. The molecule has 0 bridgehead atoms. The average Bonchev–Trinajstić information content (AvgIpc) is 2.29. The van der Waals surface area contributed by atoms with Gasteiger partial charge in [0.25, 0.3) is 0 Å². The maximum absolute atomic E-state index is 2.39. The molecule has 1 aliphatic rings. The van der Waals surface area contributed by atoms with Crippen molar-refractivity contribution < 1.29 is 0 Å². The number of hydrogen-bond acceptors (Lipinski definition) is 1. The predicted molar refractivity (Wildman–Crippen MR) is 79.6 cm³/mol. The van der Waals surface area contributed by atoms with Crippen molar-refractivity contribution in [3.8, 4) is 0 Å². The van der Waals surface area contributed by atoms with E-state index >= 15 is 0 Å². The van der Waals surface area contributed by atoms with Crippen molar-refractivity contribution in [1.82, 2.24) is 4.90 Å². The fourth-order valence-corrected chi connectivity index (χ4v) is 5.99. The first-order valence-corrected chi connectivity index (χ1v) is 9.14. The lowest BCUT2D eigenvalue weighted by molar-refractivity contribution is 0.558. The smallest absolute Gasteiger partial charge is 0.306 e. The summed E-state index contributed by atoms with van der Waals surface area (Å²) in [4.78, 5) is 2.19. The third-order valence-corrected chi connectivity index (χ3v) is 7.24. The van der Waals surface area contributed by atoms with Gasteiger partial charge in [-0.2, -0.15) is 0 Å². The highest BCUT2D eigenvalue weighted by molar-refractivity contribution is 6.68. The van der Waals surface area contributed by atoms with Gasteiger partial charge in [-0.1, -0.05) is 55.5 Å².